The molecular formula is C22H18BClN2O7. The minimum absolute atomic E-state index is 0.212. The van der Waals surface area contributed by atoms with Crippen molar-refractivity contribution in [1.29, 1.82) is 0 Å². The summed E-state index contributed by atoms with van der Waals surface area (Å²) in [5, 5.41) is 10.4. The van der Waals surface area contributed by atoms with E-state index in [0.717, 1.165) is 16.5 Å². The molecule has 1 atom stereocenters. The maximum Gasteiger partial charge on any atom is 0.519 e. The van der Waals surface area contributed by atoms with Gasteiger partial charge in [-0.3, -0.25) is 4.79 Å². The third-order valence-corrected chi connectivity index (χ3v) is 5.98. The van der Waals surface area contributed by atoms with E-state index in [0.29, 0.717) is 35.6 Å². The molecule has 0 radical (unpaired) electrons. The van der Waals surface area contributed by atoms with Gasteiger partial charge in [-0.1, -0.05) is 6.92 Å². The van der Waals surface area contributed by atoms with Crippen LogP contribution in [0.4, 0.5) is 4.79 Å². The van der Waals surface area contributed by atoms with Crippen LogP contribution in [-0.2, 0) is 33.8 Å². The first-order valence-corrected chi connectivity index (χ1v) is 10.8. The Balaban J connectivity index is 1.71. The van der Waals surface area contributed by atoms with Crippen LogP contribution < -0.4 is 10.2 Å². The van der Waals surface area contributed by atoms with Gasteiger partial charge < -0.3 is 23.7 Å². The molecule has 168 valence electrons. The molecule has 1 unspecified atom stereocenters. The average molecular weight is 469 g/mol. The maximum absolute atomic E-state index is 13.3. The largest absolute Gasteiger partial charge is 0.536 e. The van der Waals surface area contributed by atoms with Crippen molar-refractivity contribution in [2.24, 2.45) is 0 Å². The molecule has 0 aliphatic carbocycles. The molecule has 0 saturated carbocycles. The number of carbonyl (C=O) groups excluding carboxylic acids is 2. The van der Waals surface area contributed by atoms with Crippen molar-refractivity contribution in [2.75, 3.05) is 0 Å². The van der Waals surface area contributed by atoms with Gasteiger partial charge in [0.25, 0.3) is 5.56 Å². The van der Waals surface area contributed by atoms with Crippen molar-refractivity contribution in [3.05, 3.63) is 56.9 Å². The van der Waals surface area contributed by atoms with Crippen LogP contribution in [-0.4, -0.2) is 33.1 Å². The molecule has 2 aromatic heterocycles. The van der Waals surface area contributed by atoms with Crippen molar-refractivity contribution in [2.45, 2.75) is 39.4 Å². The summed E-state index contributed by atoms with van der Waals surface area (Å²) in [6.07, 6.45) is -0.733. The Bertz CT molecular complexity index is 1400. The number of hydrogen-bond donors (Lipinski definition) is 1. The van der Waals surface area contributed by atoms with Gasteiger partial charge >= 0.3 is 18.5 Å². The third-order valence-electron chi connectivity index (χ3n) is 5.90. The number of fused-ring (bicyclic) bond motifs is 5. The van der Waals surface area contributed by atoms with Gasteiger partial charge in [-0.2, -0.15) is 0 Å². The number of carbonyl (C=O) groups is 2. The van der Waals surface area contributed by atoms with Crippen LogP contribution in [0.25, 0.3) is 22.3 Å². The number of aromatic nitrogens is 2. The Morgan fingerprint density at radius 1 is 1.33 bits per heavy atom. The number of esters is 1. The van der Waals surface area contributed by atoms with Crippen molar-refractivity contribution in [1.82, 2.24) is 9.55 Å². The predicted molar refractivity (Wildman–Crippen MR) is 119 cm³/mol. The summed E-state index contributed by atoms with van der Waals surface area (Å²) in [7, 11) is -0.955. The van der Waals surface area contributed by atoms with Gasteiger partial charge in [0, 0.05) is 28.1 Å². The van der Waals surface area contributed by atoms with E-state index in [1.807, 2.05) is 13.0 Å². The summed E-state index contributed by atoms with van der Waals surface area (Å²) in [4.78, 5) is 41.6. The van der Waals surface area contributed by atoms with Crippen molar-refractivity contribution < 1.29 is 28.7 Å². The molecule has 0 spiro atoms. The highest BCUT2D eigenvalue weighted by Crippen LogP contribution is 2.39. The summed E-state index contributed by atoms with van der Waals surface area (Å²) >= 11 is 5.34. The Morgan fingerprint density at radius 2 is 2.12 bits per heavy atom. The van der Waals surface area contributed by atoms with E-state index in [1.165, 1.54) is 6.82 Å². The van der Waals surface area contributed by atoms with Crippen LogP contribution in [0.3, 0.4) is 0 Å². The summed E-state index contributed by atoms with van der Waals surface area (Å²) in [5.74, 6) is -0.274. The fourth-order valence-electron chi connectivity index (χ4n) is 4.55. The minimum atomic E-state index is -1.41. The molecule has 11 heteroatoms. The van der Waals surface area contributed by atoms with Crippen molar-refractivity contribution in [3.63, 3.8) is 0 Å². The highest BCUT2D eigenvalue weighted by molar-refractivity contribution is 6.61. The molecule has 2 aliphatic heterocycles. The highest BCUT2D eigenvalue weighted by atomic mass is 35.5. The first kappa shape index (κ1) is 21.5. The number of nitrogens with zero attached hydrogens (tertiary/aromatic N) is 2. The van der Waals surface area contributed by atoms with Gasteiger partial charge in [-0.15, -0.1) is 0 Å². The van der Waals surface area contributed by atoms with Crippen molar-refractivity contribution in [3.8, 4) is 17.1 Å². The molecule has 0 amide bonds. The molecule has 9 nitrogen and oxygen atoms in total. The van der Waals surface area contributed by atoms with E-state index < -0.39 is 24.6 Å². The Morgan fingerprint density at radius 3 is 2.82 bits per heavy atom. The van der Waals surface area contributed by atoms with Crippen LogP contribution >= 0.6 is 11.6 Å². The number of hydrogen-bond acceptors (Lipinski definition) is 8. The van der Waals surface area contributed by atoms with E-state index in [4.69, 9.17) is 30.7 Å². The van der Waals surface area contributed by atoms with Gasteiger partial charge in [0.2, 0.25) is 6.10 Å². The number of rotatable bonds is 4. The van der Waals surface area contributed by atoms with Gasteiger partial charge in [0.15, 0.2) is 0 Å². The zero-order chi connectivity index (χ0) is 23.4. The van der Waals surface area contributed by atoms with Gasteiger partial charge in [-0.25, -0.2) is 14.6 Å². The van der Waals surface area contributed by atoms with Crippen molar-refractivity contribution >= 4 is 41.0 Å². The molecule has 0 bridgehead atoms. The molecule has 3 aromatic rings. The number of halogens is 1. The Hall–Kier alpha value is -3.37. The molecule has 1 aromatic carbocycles. The molecule has 0 fully saturated rings. The van der Waals surface area contributed by atoms with Crippen LogP contribution in [0.5, 0.6) is 5.75 Å². The standard InChI is InChI=1S/C22H18BClN2O7/c1-3-11-12-6-10(33-23(2)30)4-5-16(12)25-18-14(11)8-26-17(18)7-13-15(20(26)27)9-31-21(28)19(13)32-22(24)29/h4-7,19,30H,3,8-9H2,1-2H3. The second-order valence-electron chi connectivity index (χ2n) is 7.87. The molecule has 5 rings (SSSR count). The molecular weight excluding hydrogens is 451 g/mol. The predicted octanol–water partition coefficient (Wildman–Crippen LogP) is 2.95. The number of pyridine rings is 2. The van der Waals surface area contributed by atoms with E-state index in [9.17, 15) is 19.4 Å². The summed E-state index contributed by atoms with van der Waals surface area (Å²) in [5.41, 5.74) is 2.73. The van der Waals surface area contributed by atoms with E-state index >= 15 is 0 Å². The Labute approximate surface area is 193 Å². The van der Waals surface area contributed by atoms with Crippen LogP contribution in [0.1, 0.15) is 35.3 Å². The lowest BCUT2D eigenvalue weighted by Crippen LogP contribution is -2.33. The molecule has 2 aliphatic rings. The number of ether oxygens (including phenoxy) is 2. The maximum atomic E-state index is 13.3. The molecule has 4 heterocycles. The first-order valence-electron chi connectivity index (χ1n) is 10.4. The summed E-state index contributed by atoms with van der Waals surface area (Å²) < 4.78 is 17.0. The zero-order valence-corrected chi connectivity index (χ0v) is 18.5. The quantitative estimate of drug-likeness (QED) is 0.276. The lowest BCUT2D eigenvalue weighted by molar-refractivity contribution is -0.157. The second-order valence-corrected chi connectivity index (χ2v) is 8.17. The zero-order valence-electron chi connectivity index (χ0n) is 17.8. The molecule has 0 saturated heterocycles. The number of aryl methyl sites for hydroxylation is 1. The van der Waals surface area contributed by atoms with Crippen LogP contribution in [0.15, 0.2) is 29.1 Å². The fourth-order valence-corrected chi connectivity index (χ4v) is 4.64. The monoisotopic (exact) mass is 468 g/mol. The molecule has 33 heavy (non-hydrogen) atoms. The highest BCUT2D eigenvalue weighted by Gasteiger charge is 2.37. The second kappa shape index (κ2) is 7.89. The number of benzene rings is 1. The smallest absolute Gasteiger partial charge is 0.519 e. The van der Waals surface area contributed by atoms with E-state index in [1.54, 1.807) is 22.8 Å². The van der Waals surface area contributed by atoms with Crippen LogP contribution in [0, 0.1) is 0 Å². The SMILES string of the molecule is CCc1c2c(nc3ccc(OB(C)O)cc13)-c1cc3c(c(=O)n1C2)COC(=O)C3OC(=O)Cl. The van der Waals surface area contributed by atoms with Gasteiger partial charge in [0.05, 0.1) is 29.0 Å². The average Bonchev–Trinajstić information content (AvgIpc) is 3.12. The number of cyclic esters (lactones) is 1. The van der Waals surface area contributed by atoms with Gasteiger partial charge in [-0.05, 0) is 43.1 Å². The minimum Gasteiger partial charge on any atom is -0.536 e. The first-order chi connectivity index (χ1) is 15.8. The van der Waals surface area contributed by atoms with Gasteiger partial charge in [0.1, 0.15) is 12.4 Å². The summed E-state index contributed by atoms with van der Waals surface area (Å²) in [6, 6.07) is 6.99. The topological polar surface area (TPSA) is 117 Å². The van der Waals surface area contributed by atoms with Crippen LogP contribution in [0.2, 0.25) is 6.82 Å². The summed E-state index contributed by atoms with van der Waals surface area (Å²) in [6.45, 7) is 3.63. The lowest BCUT2D eigenvalue weighted by atomic mass is 9.95. The normalized spacial score (nSPS) is 16.0. The Kier molecular flexibility index (Phi) is 5.14. The van der Waals surface area contributed by atoms with E-state index in [-0.39, 0.29) is 23.3 Å². The molecule has 1 N–H and O–H groups in total. The third kappa shape index (κ3) is 3.46. The lowest BCUT2D eigenvalue weighted by Gasteiger charge is -2.24. The van der Waals surface area contributed by atoms with E-state index in [2.05, 4.69) is 0 Å². The fraction of sp³-hybridized carbons (Fsp3) is 0.273.